The topological polar surface area (TPSA) is 110 Å². The number of nitrogens with two attached hydrogens (primary N) is 1. The highest BCUT2D eigenvalue weighted by atomic mass is 16.4. The molecule has 18 heavy (non-hydrogen) atoms. The molecule has 0 spiro atoms. The smallest absolute Gasteiger partial charge is 0.358 e. The maximum atomic E-state index is 11.9. The number of nitrogens with zero attached hydrogens (tertiary/aromatic N) is 2. The van der Waals surface area contributed by atoms with Gasteiger partial charge in [-0.1, -0.05) is 0 Å². The van der Waals surface area contributed by atoms with Crippen molar-refractivity contribution in [3.05, 3.63) is 11.9 Å². The first-order chi connectivity index (χ1) is 8.11. The van der Waals surface area contributed by atoms with Crippen molar-refractivity contribution in [3.63, 3.8) is 0 Å². The number of hydrogen-bond donors (Lipinski definition) is 3. The Morgan fingerprint density at radius 3 is 2.44 bits per heavy atom. The third-order valence-electron chi connectivity index (χ3n) is 2.24. The van der Waals surface area contributed by atoms with Crippen LogP contribution in [0.4, 0.5) is 5.69 Å². The van der Waals surface area contributed by atoms with E-state index in [1.54, 1.807) is 6.92 Å². The average molecular weight is 254 g/mol. The van der Waals surface area contributed by atoms with Crippen molar-refractivity contribution < 1.29 is 14.7 Å². The zero-order valence-corrected chi connectivity index (χ0v) is 10.9. The molecule has 0 radical (unpaired) electrons. The van der Waals surface area contributed by atoms with Crippen LogP contribution in [0.1, 0.15) is 44.2 Å². The first-order valence-electron chi connectivity index (χ1n) is 5.52. The molecule has 1 aromatic rings. The average Bonchev–Trinajstić information content (AvgIpc) is 2.56. The molecular weight excluding hydrogens is 236 g/mol. The minimum Gasteiger partial charge on any atom is -0.476 e. The minimum atomic E-state index is -1.21. The van der Waals surface area contributed by atoms with Crippen LogP contribution in [0.25, 0.3) is 0 Å². The summed E-state index contributed by atoms with van der Waals surface area (Å²) in [6.07, 6.45) is 1.34. The number of carbonyl (C=O) groups is 2. The molecule has 7 nitrogen and oxygen atoms in total. The van der Waals surface area contributed by atoms with Crippen LogP contribution in [-0.2, 0) is 4.79 Å². The number of hydrogen-bond acceptors (Lipinski definition) is 4. The van der Waals surface area contributed by atoms with Gasteiger partial charge in [-0.3, -0.25) is 9.48 Å². The van der Waals surface area contributed by atoms with Crippen LogP contribution in [0.3, 0.4) is 0 Å². The van der Waals surface area contributed by atoms with Crippen LogP contribution in [-0.4, -0.2) is 32.3 Å². The van der Waals surface area contributed by atoms with Crippen molar-refractivity contribution >= 4 is 17.6 Å². The Balaban J connectivity index is 2.91. The number of carboxylic acid groups (broad SMARTS) is 1. The summed E-state index contributed by atoms with van der Waals surface area (Å²) in [6.45, 7) is 7.20. The fraction of sp³-hybridized carbons (Fsp3) is 0.545. The Labute approximate surface area is 105 Å². The second-order valence-electron chi connectivity index (χ2n) is 5.13. The van der Waals surface area contributed by atoms with Gasteiger partial charge in [0.1, 0.15) is 6.04 Å². The number of amides is 1. The second kappa shape index (κ2) is 4.67. The molecule has 0 aliphatic heterocycles. The molecule has 7 heteroatoms. The lowest BCUT2D eigenvalue weighted by atomic mass is 10.1. The Morgan fingerprint density at radius 2 is 2.06 bits per heavy atom. The number of carbonyl (C=O) groups excluding carboxylic acids is 1. The van der Waals surface area contributed by atoms with Crippen molar-refractivity contribution in [2.24, 2.45) is 0 Å². The number of carboxylic acids is 1. The predicted octanol–water partition coefficient (Wildman–Crippen LogP) is 0.639. The van der Waals surface area contributed by atoms with E-state index in [1.165, 1.54) is 10.9 Å². The Hall–Kier alpha value is -2.05. The molecule has 1 unspecified atom stereocenters. The van der Waals surface area contributed by atoms with Gasteiger partial charge in [0.05, 0.1) is 5.69 Å². The lowest BCUT2D eigenvalue weighted by Crippen LogP contribution is -2.43. The molecule has 1 aromatic heterocycles. The summed E-state index contributed by atoms with van der Waals surface area (Å²) in [4.78, 5) is 22.7. The van der Waals surface area contributed by atoms with Crippen LogP contribution in [0.15, 0.2) is 6.20 Å². The molecule has 0 aromatic carbocycles. The van der Waals surface area contributed by atoms with Crippen molar-refractivity contribution in [2.75, 3.05) is 5.73 Å². The molecule has 1 heterocycles. The third kappa shape index (κ3) is 3.22. The summed E-state index contributed by atoms with van der Waals surface area (Å²) in [5.74, 6) is -1.46. The molecule has 100 valence electrons. The van der Waals surface area contributed by atoms with Crippen LogP contribution >= 0.6 is 0 Å². The van der Waals surface area contributed by atoms with Gasteiger partial charge in [-0.25, -0.2) is 4.79 Å². The number of anilines is 1. The van der Waals surface area contributed by atoms with Crippen LogP contribution in [0.5, 0.6) is 0 Å². The molecule has 0 aliphatic rings. The normalized spacial score (nSPS) is 13.1. The predicted molar refractivity (Wildman–Crippen MR) is 66.2 cm³/mol. The highest BCUT2D eigenvalue weighted by Gasteiger charge is 2.23. The minimum absolute atomic E-state index is 0.0397. The number of aromatic nitrogens is 2. The van der Waals surface area contributed by atoms with Gasteiger partial charge in [0, 0.05) is 11.7 Å². The number of nitrogens with one attached hydrogen (secondary N) is 1. The first kappa shape index (κ1) is 14.0. The Morgan fingerprint density at radius 1 is 1.50 bits per heavy atom. The van der Waals surface area contributed by atoms with Crippen LogP contribution < -0.4 is 11.1 Å². The van der Waals surface area contributed by atoms with Gasteiger partial charge >= 0.3 is 5.97 Å². The zero-order valence-electron chi connectivity index (χ0n) is 10.9. The van der Waals surface area contributed by atoms with E-state index in [0.29, 0.717) is 0 Å². The largest absolute Gasteiger partial charge is 0.476 e. The zero-order chi connectivity index (χ0) is 14.1. The molecule has 1 amide bonds. The van der Waals surface area contributed by atoms with E-state index < -0.39 is 12.0 Å². The van der Waals surface area contributed by atoms with E-state index in [9.17, 15) is 9.59 Å². The fourth-order valence-electron chi connectivity index (χ4n) is 1.36. The van der Waals surface area contributed by atoms with E-state index in [2.05, 4.69) is 10.4 Å². The molecule has 4 N–H and O–H groups in total. The molecule has 1 atom stereocenters. The summed E-state index contributed by atoms with van der Waals surface area (Å²) < 4.78 is 1.25. The van der Waals surface area contributed by atoms with Gasteiger partial charge in [0.25, 0.3) is 0 Å². The molecule has 1 rings (SSSR count). The first-order valence-corrected chi connectivity index (χ1v) is 5.52. The van der Waals surface area contributed by atoms with Gasteiger partial charge in [0.2, 0.25) is 5.91 Å². The lowest BCUT2D eigenvalue weighted by Gasteiger charge is -2.23. The maximum absolute atomic E-state index is 11.9. The Bertz CT molecular complexity index is 473. The highest BCUT2D eigenvalue weighted by Crippen LogP contribution is 2.14. The van der Waals surface area contributed by atoms with Gasteiger partial charge < -0.3 is 16.2 Å². The van der Waals surface area contributed by atoms with Crippen molar-refractivity contribution in [2.45, 2.75) is 39.3 Å². The molecule has 0 saturated heterocycles. The molecule has 0 aliphatic carbocycles. The van der Waals surface area contributed by atoms with Gasteiger partial charge in [-0.15, -0.1) is 0 Å². The van der Waals surface area contributed by atoms with Crippen molar-refractivity contribution in [3.8, 4) is 0 Å². The van der Waals surface area contributed by atoms with E-state index in [-0.39, 0.29) is 22.8 Å². The van der Waals surface area contributed by atoms with E-state index in [0.717, 1.165) is 0 Å². The van der Waals surface area contributed by atoms with Gasteiger partial charge in [0.15, 0.2) is 5.69 Å². The quantitative estimate of drug-likeness (QED) is 0.733. The van der Waals surface area contributed by atoms with E-state index >= 15 is 0 Å². The van der Waals surface area contributed by atoms with Gasteiger partial charge in [-0.05, 0) is 27.7 Å². The second-order valence-corrected chi connectivity index (χ2v) is 5.13. The van der Waals surface area contributed by atoms with Crippen LogP contribution in [0.2, 0.25) is 0 Å². The summed E-state index contributed by atoms with van der Waals surface area (Å²) >= 11 is 0. The number of rotatable bonds is 3. The maximum Gasteiger partial charge on any atom is 0.358 e. The third-order valence-corrected chi connectivity index (χ3v) is 2.24. The summed E-state index contributed by atoms with van der Waals surface area (Å²) in [6, 6.07) is -0.625. The van der Waals surface area contributed by atoms with Crippen molar-refractivity contribution in [1.82, 2.24) is 15.1 Å². The van der Waals surface area contributed by atoms with E-state index in [4.69, 9.17) is 10.8 Å². The molecule has 0 bridgehead atoms. The fourth-order valence-corrected chi connectivity index (χ4v) is 1.36. The van der Waals surface area contributed by atoms with E-state index in [1.807, 2.05) is 20.8 Å². The van der Waals surface area contributed by atoms with Gasteiger partial charge in [-0.2, -0.15) is 5.10 Å². The SMILES string of the molecule is CC(C(=O)NC(C)(C)C)n1cc(N)c(C(=O)O)n1. The standard InChI is InChI=1S/C11H18N4O3/c1-6(9(16)13-11(2,3)4)15-5-7(12)8(14-15)10(17)18/h5-6H,12H2,1-4H3,(H,13,16)(H,17,18). The summed E-state index contributed by atoms with van der Waals surface area (Å²) in [7, 11) is 0. The lowest BCUT2D eigenvalue weighted by molar-refractivity contribution is -0.125. The summed E-state index contributed by atoms with van der Waals surface area (Å²) in [5.41, 5.74) is 4.94. The monoisotopic (exact) mass is 254 g/mol. The molecular formula is C11H18N4O3. The number of aromatic carboxylic acids is 1. The molecule has 0 saturated carbocycles. The Kier molecular flexibility index (Phi) is 3.64. The highest BCUT2D eigenvalue weighted by molar-refractivity contribution is 5.91. The summed E-state index contributed by atoms with van der Waals surface area (Å²) in [5, 5.41) is 15.4. The number of nitrogen functional groups attached to an aromatic ring is 1. The van der Waals surface area contributed by atoms with Crippen LogP contribution in [0, 0.1) is 0 Å². The molecule has 0 fully saturated rings. The van der Waals surface area contributed by atoms with Crippen molar-refractivity contribution in [1.29, 1.82) is 0 Å².